The summed E-state index contributed by atoms with van der Waals surface area (Å²) >= 11 is 0. The lowest BCUT2D eigenvalue weighted by Crippen LogP contribution is -2.53. The molecule has 3 rings (SSSR count). The molecule has 3 aliphatic carbocycles. The molecule has 0 radical (unpaired) electrons. The summed E-state index contributed by atoms with van der Waals surface area (Å²) < 4.78 is 5.20. The predicted molar refractivity (Wildman–Crippen MR) is 93.9 cm³/mol. The van der Waals surface area contributed by atoms with Gasteiger partial charge >= 0.3 is 5.97 Å². The lowest BCUT2D eigenvalue weighted by atomic mass is 9.47. The Hall–Kier alpha value is -1.05. The third kappa shape index (κ3) is 2.49. The van der Waals surface area contributed by atoms with Crippen molar-refractivity contribution in [2.75, 3.05) is 7.11 Å². The van der Waals surface area contributed by atoms with Crippen molar-refractivity contribution in [3.05, 3.63) is 23.3 Å². The highest BCUT2D eigenvalue weighted by Crippen LogP contribution is 2.62. The van der Waals surface area contributed by atoms with Gasteiger partial charge in [-0.1, -0.05) is 44.9 Å². The fourth-order valence-corrected chi connectivity index (χ4v) is 5.82. The SMILES string of the molecule is COC(=O)[C@]1(C)CCC[C@@]2(C)[C@@H]3CCC(C(C)C)=CC3=CC[C@H]21. The van der Waals surface area contributed by atoms with Crippen molar-refractivity contribution in [2.24, 2.45) is 28.6 Å². The van der Waals surface area contributed by atoms with Gasteiger partial charge in [-0.25, -0.2) is 0 Å². The molecule has 2 heteroatoms. The third-order valence-electron chi connectivity index (χ3n) is 7.23. The van der Waals surface area contributed by atoms with Gasteiger partial charge < -0.3 is 4.74 Å². The molecular weight excluding hydrogens is 284 g/mol. The van der Waals surface area contributed by atoms with Crippen molar-refractivity contribution in [3.8, 4) is 0 Å². The number of carbonyl (C=O) groups excluding carboxylic acids is 1. The van der Waals surface area contributed by atoms with E-state index in [9.17, 15) is 4.79 Å². The van der Waals surface area contributed by atoms with E-state index in [-0.39, 0.29) is 16.8 Å². The van der Waals surface area contributed by atoms with E-state index in [1.165, 1.54) is 19.3 Å². The van der Waals surface area contributed by atoms with Crippen molar-refractivity contribution in [3.63, 3.8) is 0 Å². The average molecular weight is 316 g/mol. The summed E-state index contributed by atoms with van der Waals surface area (Å²) in [4.78, 5) is 12.5. The second-order valence-electron chi connectivity index (χ2n) is 8.73. The number of carbonyl (C=O) groups is 1. The monoisotopic (exact) mass is 316 g/mol. The predicted octanol–water partition coefficient (Wildman–Crippen LogP) is 5.29. The summed E-state index contributed by atoms with van der Waals surface area (Å²) in [5, 5.41) is 0. The summed E-state index contributed by atoms with van der Waals surface area (Å²) in [6.07, 6.45) is 11.8. The van der Waals surface area contributed by atoms with Crippen LogP contribution in [0, 0.1) is 28.6 Å². The Bertz CT molecular complexity index is 556. The van der Waals surface area contributed by atoms with Crippen LogP contribution in [0.25, 0.3) is 0 Å². The molecule has 0 aromatic rings. The Kier molecular flexibility index (Phi) is 4.23. The van der Waals surface area contributed by atoms with Gasteiger partial charge in [-0.3, -0.25) is 4.79 Å². The van der Waals surface area contributed by atoms with Crippen molar-refractivity contribution >= 4 is 5.97 Å². The Morgan fingerprint density at radius 3 is 2.70 bits per heavy atom. The van der Waals surface area contributed by atoms with Crippen molar-refractivity contribution in [1.29, 1.82) is 0 Å². The van der Waals surface area contributed by atoms with E-state index in [4.69, 9.17) is 4.74 Å². The third-order valence-corrected chi connectivity index (χ3v) is 7.23. The van der Waals surface area contributed by atoms with Crippen LogP contribution in [-0.4, -0.2) is 13.1 Å². The molecule has 4 atom stereocenters. The fraction of sp³-hybridized carbons (Fsp3) is 0.762. The van der Waals surface area contributed by atoms with Gasteiger partial charge in [0, 0.05) is 0 Å². The van der Waals surface area contributed by atoms with E-state index in [0.29, 0.717) is 17.8 Å². The summed E-state index contributed by atoms with van der Waals surface area (Å²) in [5.74, 6) is 1.68. The van der Waals surface area contributed by atoms with Crippen LogP contribution < -0.4 is 0 Å². The molecule has 3 aliphatic rings. The lowest BCUT2D eigenvalue weighted by molar-refractivity contribution is -0.166. The summed E-state index contributed by atoms with van der Waals surface area (Å²) in [6.45, 7) is 9.20. The molecule has 0 spiro atoms. The lowest BCUT2D eigenvalue weighted by Gasteiger charge is -2.57. The zero-order chi connectivity index (χ0) is 16.8. The molecule has 0 unspecified atom stereocenters. The van der Waals surface area contributed by atoms with Crippen LogP contribution in [-0.2, 0) is 9.53 Å². The maximum absolute atomic E-state index is 12.5. The minimum absolute atomic E-state index is 0.000467. The first-order valence-corrected chi connectivity index (χ1v) is 9.32. The van der Waals surface area contributed by atoms with Gasteiger partial charge in [-0.2, -0.15) is 0 Å². The minimum atomic E-state index is -0.314. The van der Waals surface area contributed by atoms with E-state index >= 15 is 0 Å². The zero-order valence-corrected chi connectivity index (χ0v) is 15.4. The van der Waals surface area contributed by atoms with Crippen LogP contribution in [0.1, 0.15) is 66.2 Å². The minimum Gasteiger partial charge on any atom is -0.469 e. The van der Waals surface area contributed by atoms with Crippen molar-refractivity contribution in [1.82, 2.24) is 0 Å². The number of hydrogen-bond acceptors (Lipinski definition) is 2. The zero-order valence-electron chi connectivity index (χ0n) is 15.4. The number of fused-ring (bicyclic) bond motifs is 3. The Morgan fingerprint density at radius 1 is 1.30 bits per heavy atom. The van der Waals surface area contributed by atoms with Gasteiger partial charge in [-0.05, 0) is 67.8 Å². The molecule has 0 amide bonds. The summed E-state index contributed by atoms with van der Waals surface area (Å²) in [5.41, 5.74) is 3.07. The molecule has 1 fully saturated rings. The molecule has 0 saturated heterocycles. The van der Waals surface area contributed by atoms with Crippen LogP contribution >= 0.6 is 0 Å². The highest BCUT2D eigenvalue weighted by atomic mass is 16.5. The summed E-state index contributed by atoms with van der Waals surface area (Å²) in [7, 11) is 1.54. The standard InChI is InChI=1S/C21H32O2/c1-14(2)15-7-9-17-16(13-15)8-10-18-20(17,3)11-6-12-21(18,4)19(22)23-5/h8,13-14,17-18H,6-7,9-12H2,1-5H3/t17-,18-,20+,21-/m1/s1. The van der Waals surface area contributed by atoms with Crippen LogP contribution in [0.15, 0.2) is 23.3 Å². The van der Waals surface area contributed by atoms with Crippen LogP contribution in [0.4, 0.5) is 0 Å². The first-order valence-electron chi connectivity index (χ1n) is 9.32. The van der Waals surface area contributed by atoms with Gasteiger partial charge in [0.1, 0.15) is 0 Å². The molecule has 2 nitrogen and oxygen atoms in total. The highest BCUT2D eigenvalue weighted by Gasteiger charge is 2.57. The first kappa shape index (κ1) is 16.8. The molecule has 0 aliphatic heterocycles. The normalized spacial score (nSPS) is 39.9. The summed E-state index contributed by atoms with van der Waals surface area (Å²) in [6, 6.07) is 0. The van der Waals surface area contributed by atoms with E-state index in [0.717, 1.165) is 19.3 Å². The van der Waals surface area contributed by atoms with Gasteiger partial charge in [0.05, 0.1) is 12.5 Å². The van der Waals surface area contributed by atoms with E-state index in [1.807, 2.05) is 0 Å². The number of esters is 1. The topological polar surface area (TPSA) is 26.3 Å². The number of methoxy groups -OCH3 is 1. The highest BCUT2D eigenvalue weighted by molar-refractivity contribution is 5.77. The molecule has 0 aromatic carbocycles. The van der Waals surface area contributed by atoms with Gasteiger partial charge in [-0.15, -0.1) is 0 Å². The molecule has 0 N–H and O–H groups in total. The van der Waals surface area contributed by atoms with Gasteiger partial charge in [0.15, 0.2) is 0 Å². The number of ether oxygens (including phenoxy) is 1. The first-order chi connectivity index (χ1) is 10.8. The number of allylic oxidation sites excluding steroid dienone is 4. The Balaban J connectivity index is 1.99. The van der Waals surface area contributed by atoms with E-state index in [1.54, 1.807) is 18.3 Å². The van der Waals surface area contributed by atoms with Crippen LogP contribution in [0.2, 0.25) is 0 Å². The second kappa shape index (κ2) is 5.79. The number of rotatable bonds is 2. The van der Waals surface area contributed by atoms with Crippen molar-refractivity contribution < 1.29 is 9.53 Å². The van der Waals surface area contributed by atoms with Gasteiger partial charge in [0.25, 0.3) is 0 Å². The van der Waals surface area contributed by atoms with Crippen molar-refractivity contribution in [2.45, 2.75) is 66.2 Å². The average Bonchev–Trinajstić information content (AvgIpc) is 2.53. The molecule has 0 heterocycles. The molecular formula is C21H32O2. The molecule has 23 heavy (non-hydrogen) atoms. The Labute approximate surface area is 141 Å². The number of hydrogen-bond donors (Lipinski definition) is 0. The molecule has 0 aromatic heterocycles. The largest absolute Gasteiger partial charge is 0.469 e. The van der Waals surface area contributed by atoms with Crippen LogP contribution in [0.5, 0.6) is 0 Å². The van der Waals surface area contributed by atoms with E-state index in [2.05, 4.69) is 39.8 Å². The van der Waals surface area contributed by atoms with Crippen LogP contribution in [0.3, 0.4) is 0 Å². The second-order valence-corrected chi connectivity index (χ2v) is 8.73. The molecule has 1 saturated carbocycles. The molecule has 128 valence electrons. The quantitative estimate of drug-likeness (QED) is 0.647. The van der Waals surface area contributed by atoms with E-state index < -0.39 is 0 Å². The Morgan fingerprint density at radius 2 is 2.04 bits per heavy atom. The van der Waals surface area contributed by atoms with Gasteiger partial charge in [0.2, 0.25) is 0 Å². The molecule has 0 bridgehead atoms. The maximum atomic E-state index is 12.5. The smallest absolute Gasteiger partial charge is 0.311 e. The fourth-order valence-electron chi connectivity index (χ4n) is 5.82. The maximum Gasteiger partial charge on any atom is 0.311 e.